The lowest BCUT2D eigenvalue weighted by molar-refractivity contribution is -0.172. The van der Waals surface area contributed by atoms with Crippen molar-refractivity contribution in [1.29, 1.82) is 0 Å². The Morgan fingerprint density at radius 3 is 2.70 bits per heavy atom. The normalized spacial score (nSPS) is 25.1. The fourth-order valence-electron chi connectivity index (χ4n) is 3.00. The van der Waals surface area contributed by atoms with E-state index in [-0.39, 0.29) is 17.7 Å². The van der Waals surface area contributed by atoms with Crippen molar-refractivity contribution in [2.45, 2.75) is 31.3 Å². The predicted octanol–water partition coefficient (Wildman–Crippen LogP) is -0.636. The summed E-state index contributed by atoms with van der Waals surface area (Å²) in [4.78, 5) is 38.2. The van der Waals surface area contributed by atoms with Crippen LogP contribution >= 0.6 is 0 Å². The van der Waals surface area contributed by atoms with Crippen LogP contribution in [0.3, 0.4) is 0 Å². The second-order valence-electron chi connectivity index (χ2n) is 6.33. The molecule has 0 spiro atoms. The van der Waals surface area contributed by atoms with Crippen LogP contribution in [0.15, 0.2) is 46.1 Å². The summed E-state index contributed by atoms with van der Waals surface area (Å²) < 4.78 is 12.0. The van der Waals surface area contributed by atoms with E-state index in [9.17, 15) is 24.6 Å². The zero-order valence-corrected chi connectivity index (χ0v) is 14.6. The number of aromatic nitrogens is 2. The zero-order valence-electron chi connectivity index (χ0n) is 14.6. The van der Waals surface area contributed by atoms with E-state index in [0.29, 0.717) is 0 Å². The highest BCUT2D eigenvalue weighted by molar-refractivity contribution is 5.89. The van der Waals surface area contributed by atoms with Gasteiger partial charge in [0.15, 0.2) is 6.10 Å². The number of benzene rings is 1. The number of aliphatic hydroxyl groups is 2. The van der Waals surface area contributed by atoms with Crippen LogP contribution in [0.25, 0.3) is 0 Å². The number of H-pyrrole nitrogens is 1. The van der Waals surface area contributed by atoms with E-state index in [1.54, 1.807) is 30.3 Å². The van der Waals surface area contributed by atoms with E-state index in [1.807, 2.05) is 0 Å². The maximum atomic E-state index is 12.3. The summed E-state index contributed by atoms with van der Waals surface area (Å²) in [7, 11) is 0. The summed E-state index contributed by atoms with van der Waals surface area (Å²) in [5, 5.41) is 20.3. The summed E-state index contributed by atoms with van der Waals surface area (Å²) >= 11 is 0. The Balaban J connectivity index is 1.88. The Labute approximate surface area is 153 Å². The molecule has 3 rings (SSSR count). The van der Waals surface area contributed by atoms with Gasteiger partial charge in [-0.1, -0.05) is 18.2 Å². The molecular weight excluding hydrogens is 356 g/mol. The molecule has 0 amide bonds. The van der Waals surface area contributed by atoms with E-state index >= 15 is 0 Å². The Morgan fingerprint density at radius 1 is 1.33 bits per heavy atom. The molecule has 1 saturated heterocycles. The van der Waals surface area contributed by atoms with Crippen molar-refractivity contribution >= 4 is 5.97 Å². The molecule has 2 aromatic rings. The number of hydrogen-bond donors (Lipinski definition) is 3. The predicted molar refractivity (Wildman–Crippen MR) is 93.6 cm³/mol. The van der Waals surface area contributed by atoms with Crippen molar-refractivity contribution in [1.82, 2.24) is 9.55 Å². The number of aryl methyl sites for hydroxylation is 1. The van der Waals surface area contributed by atoms with Crippen LogP contribution < -0.4 is 11.2 Å². The molecule has 1 aliphatic rings. The second-order valence-corrected chi connectivity index (χ2v) is 6.33. The third-order valence-electron chi connectivity index (χ3n) is 4.51. The average Bonchev–Trinajstić information content (AvgIpc) is 2.67. The highest BCUT2D eigenvalue weighted by Crippen LogP contribution is 2.26. The molecule has 0 aliphatic carbocycles. The van der Waals surface area contributed by atoms with Gasteiger partial charge < -0.3 is 19.7 Å². The molecule has 4 atom stereocenters. The molecule has 1 aromatic heterocycles. The average molecular weight is 376 g/mol. The molecular formula is C18H20N2O7. The monoisotopic (exact) mass is 376 g/mol. The van der Waals surface area contributed by atoms with Crippen molar-refractivity contribution in [3.05, 3.63) is 68.5 Å². The third kappa shape index (κ3) is 3.85. The molecule has 0 saturated carbocycles. The fourth-order valence-corrected chi connectivity index (χ4v) is 3.00. The molecule has 9 nitrogen and oxygen atoms in total. The number of carbonyl (C=O) groups is 1. The first kappa shape index (κ1) is 19.0. The minimum atomic E-state index is -1.33. The summed E-state index contributed by atoms with van der Waals surface area (Å²) in [6, 6.07) is 7.29. The molecule has 144 valence electrons. The van der Waals surface area contributed by atoms with Crippen LogP contribution in [0.1, 0.15) is 22.0 Å². The van der Waals surface area contributed by atoms with Crippen molar-refractivity contribution in [3.8, 4) is 0 Å². The number of aliphatic hydroxyl groups excluding tert-OH is 2. The maximum absolute atomic E-state index is 12.3. The van der Waals surface area contributed by atoms with Gasteiger partial charge in [-0.3, -0.25) is 14.3 Å². The van der Waals surface area contributed by atoms with Crippen LogP contribution in [0, 0.1) is 6.92 Å². The number of ether oxygens (including phenoxy) is 2. The number of nitrogens with zero attached hydrogens (tertiary/aromatic N) is 1. The summed E-state index contributed by atoms with van der Waals surface area (Å²) in [6.45, 7) is 0.946. The van der Waals surface area contributed by atoms with Crippen molar-refractivity contribution in [2.75, 3.05) is 13.2 Å². The van der Waals surface area contributed by atoms with Gasteiger partial charge in [0.05, 0.1) is 24.8 Å². The largest absolute Gasteiger partial charge is 0.453 e. The van der Waals surface area contributed by atoms with E-state index in [4.69, 9.17) is 9.47 Å². The molecule has 1 aromatic carbocycles. The van der Waals surface area contributed by atoms with Crippen LogP contribution in [-0.2, 0) is 9.47 Å². The highest BCUT2D eigenvalue weighted by atomic mass is 16.6. The molecule has 1 fully saturated rings. The number of esters is 1. The Morgan fingerprint density at radius 2 is 2.04 bits per heavy atom. The Hall–Kier alpha value is -2.75. The van der Waals surface area contributed by atoms with Crippen molar-refractivity contribution in [3.63, 3.8) is 0 Å². The molecule has 3 N–H and O–H groups in total. The number of aromatic amines is 1. The Bertz CT molecular complexity index is 921. The van der Waals surface area contributed by atoms with Crippen LogP contribution in [-0.4, -0.2) is 57.3 Å². The summed E-state index contributed by atoms with van der Waals surface area (Å²) in [5.41, 5.74) is -0.680. The van der Waals surface area contributed by atoms with Gasteiger partial charge in [0.1, 0.15) is 12.2 Å². The molecule has 2 unspecified atom stereocenters. The summed E-state index contributed by atoms with van der Waals surface area (Å²) in [6.07, 6.45) is -2.15. The van der Waals surface area contributed by atoms with Gasteiger partial charge >= 0.3 is 11.7 Å². The smallest absolute Gasteiger partial charge is 0.338 e. The van der Waals surface area contributed by atoms with Gasteiger partial charge in [0.25, 0.3) is 5.56 Å². The maximum Gasteiger partial charge on any atom is 0.338 e. The molecule has 1 aliphatic heterocycles. The zero-order chi connectivity index (χ0) is 19.6. The van der Waals surface area contributed by atoms with Gasteiger partial charge in [-0.15, -0.1) is 0 Å². The number of carbonyl (C=O) groups excluding carboxylic acids is 1. The fraction of sp³-hybridized carbons (Fsp3) is 0.389. The first-order valence-electron chi connectivity index (χ1n) is 8.41. The number of nitrogens with one attached hydrogen (secondary N) is 1. The molecule has 2 heterocycles. The topological polar surface area (TPSA) is 131 Å². The Kier molecular flexibility index (Phi) is 5.54. The second kappa shape index (κ2) is 7.87. The molecule has 27 heavy (non-hydrogen) atoms. The molecule has 9 heteroatoms. The number of rotatable bonds is 4. The van der Waals surface area contributed by atoms with Gasteiger partial charge in [-0.05, 0) is 19.1 Å². The van der Waals surface area contributed by atoms with Gasteiger partial charge in [0, 0.05) is 11.8 Å². The molecule has 0 bridgehead atoms. The summed E-state index contributed by atoms with van der Waals surface area (Å²) in [5.74, 6) is -0.688. The quantitative estimate of drug-likeness (QED) is 0.605. The first-order chi connectivity index (χ1) is 12.9. The van der Waals surface area contributed by atoms with Crippen molar-refractivity contribution in [2.24, 2.45) is 0 Å². The van der Waals surface area contributed by atoms with E-state index in [2.05, 4.69) is 4.98 Å². The minimum Gasteiger partial charge on any atom is -0.453 e. The van der Waals surface area contributed by atoms with Gasteiger partial charge in [-0.2, -0.15) is 0 Å². The number of hydrogen-bond acceptors (Lipinski definition) is 7. The standard InChI is InChI=1S/C18H20N2O7/c1-10-7-20(18(25)19-16(10)23)12-9-26-13(8-21)15(14(12)22)27-17(24)11-5-3-2-4-6-11/h2-7,12-15,21-22H,8-9H2,1H3,(H,19,23,25)/t12?,13?,14-,15+/m0/s1. The van der Waals surface area contributed by atoms with Gasteiger partial charge in [-0.25, -0.2) is 9.59 Å². The van der Waals surface area contributed by atoms with E-state index in [1.165, 1.54) is 13.1 Å². The lowest BCUT2D eigenvalue weighted by atomic mass is 9.97. The van der Waals surface area contributed by atoms with Crippen LogP contribution in [0.4, 0.5) is 0 Å². The SMILES string of the molecule is Cc1cn(C2COC(CO)[C@@H](OC(=O)c3ccccc3)[C@H]2O)c(=O)[nH]c1=O. The van der Waals surface area contributed by atoms with Crippen LogP contribution in [0.2, 0.25) is 0 Å². The van der Waals surface area contributed by atoms with Crippen LogP contribution in [0.5, 0.6) is 0 Å². The molecule has 0 radical (unpaired) electrons. The van der Waals surface area contributed by atoms with E-state index < -0.39 is 48.2 Å². The van der Waals surface area contributed by atoms with Crippen molar-refractivity contribution < 1.29 is 24.5 Å². The lowest BCUT2D eigenvalue weighted by Gasteiger charge is -2.39. The van der Waals surface area contributed by atoms with E-state index in [0.717, 1.165) is 4.57 Å². The van der Waals surface area contributed by atoms with Gasteiger partial charge in [0.2, 0.25) is 0 Å². The third-order valence-corrected chi connectivity index (χ3v) is 4.51. The lowest BCUT2D eigenvalue weighted by Crippen LogP contribution is -2.55. The minimum absolute atomic E-state index is 0.100. The highest BCUT2D eigenvalue weighted by Gasteiger charge is 2.43. The first-order valence-corrected chi connectivity index (χ1v) is 8.41.